The van der Waals surface area contributed by atoms with Gasteiger partial charge in [-0.2, -0.15) is 0 Å². The Morgan fingerprint density at radius 1 is 1.07 bits per heavy atom. The Labute approximate surface area is 179 Å². The smallest absolute Gasteiger partial charge is 0.434 e. The van der Waals surface area contributed by atoms with Gasteiger partial charge in [-0.3, -0.25) is 4.79 Å². The third-order valence-corrected chi connectivity index (χ3v) is 8.56. The Morgan fingerprint density at radius 2 is 1.90 bits per heavy atom. The highest BCUT2D eigenvalue weighted by molar-refractivity contribution is 5.93. The highest BCUT2D eigenvalue weighted by Gasteiger charge is 2.53. The van der Waals surface area contributed by atoms with Crippen LogP contribution in [0.15, 0.2) is 34.9 Å². The van der Waals surface area contributed by atoms with E-state index in [-0.39, 0.29) is 17.3 Å². The maximum absolute atomic E-state index is 12.4. The van der Waals surface area contributed by atoms with Crippen LogP contribution in [-0.2, 0) is 14.3 Å². The number of fused-ring (bicyclic) bond motifs is 4. The fourth-order valence-corrected chi connectivity index (χ4v) is 6.85. The normalized spacial score (nSPS) is 36.0. The van der Waals surface area contributed by atoms with E-state index in [1.807, 2.05) is 6.08 Å². The first-order valence-electron chi connectivity index (χ1n) is 12.0. The highest BCUT2D eigenvalue weighted by atomic mass is 16.7. The van der Waals surface area contributed by atoms with Gasteiger partial charge in [-0.15, -0.1) is 0 Å². The van der Waals surface area contributed by atoms with Gasteiger partial charge in [0.05, 0.1) is 6.61 Å². The van der Waals surface area contributed by atoms with Gasteiger partial charge < -0.3 is 9.47 Å². The summed E-state index contributed by atoms with van der Waals surface area (Å²) in [5.74, 6) is 1.81. The number of carbonyl (C=O) groups is 2. The number of hydrogen-bond acceptors (Lipinski definition) is 4. The second-order valence-corrected chi connectivity index (χ2v) is 10.3. The van der Waals surface area contributed by atoms with Crippen molar-refractivity contribution in [2.24, 2.45) is 23.2 Å². The Kier molecular flexibility index (Phi) is 5.37. The van der Waals surface area contributed by atoms with Crippen LogP contribution in [0.4, 0.5) is 4.79 Å². The SMILES string of the molecule is C[C@]12C=CC3=C4CCC(=O)C=C4CC[C@@H]3[C@@H]1CC[C@@H]2OC(=O)OCC1CCCCC1. The number of ether oxygens (including phenoxy) is 2. The van der Waals surface area contributed by atoms with Gasteiger partial charge in [0.25, 0.3) is 0 Å². The second kappa shape index (κ2) is 8.01. The molecule has 0 aromatic rings. The minimum atomic E-state index is -0.482. The lowest BCUT2D eigenvalue weighted by Gasteiger charge is -2.45. The van der Waals surface area contributed by atoms with Crippen molar-refractivity contribution in [1.29, 1.82) is 0 Å². The molecule has 5 aliphatic rings. The molecule has 0 N–H and O–H groups in total. The summed E-state index contributed by atoms with van der Waals surface area (Å²) >= 11 is 0. The van der Waals surface area contributed by atoms with E-state index in [0.29, 0.717) is 30.8 Å². The van der Waals surface area contributed by atoms with E-state index in [9.17, 15) is 9.59 Å². The van der Waals surface area contributed by atoms with E-state index < -0.39 is 6.16 Å². The first kappa shape index (κ1) is 20.1. The van der Waals surface area contributed by atoms with Crippen molar-refractivity contribution in [3.63, 3.8) is 0 Å². The van der Waals surface area contributed by atoms with Crippen LogP contribution < -0.4 is 0 Å². The molecule has 0 amide bonds. The van der Waals surface area contributed by atoms with E-state index >= 15 is 0 Å². The number of rotatable bonds is 3. The van der Waals surface area contributed by atoms with Crippen molar-refractivity contribution in [3.05, 3.63) is 34.9 Å². The lowest BCUT2D eigenvalue weighted by atomic mass is 9.60. The third-order valence-electron chi connectivity index (χ3n) is 8.56. The fourth-order valence-electron chi connectivity index (χ4n) is 6.85. The van der Waals surface area contributed by atoms with Crippen molar-refractivity contribution >= 4 is 11.9 Å². The summed E-state index contributed by atoms with van der Waals surface area (Å²) in [6.45, 7) is 2.77. The minimum absolute atomic E-state index is 0.103. The number of allylic oxidation sites excluding steroid dienone is 5. The van der Waals surface area contributed by atoms with Gasteiger partial charge in [0.1, 0.15) is 6.10 Å². The predicted molar refractivity (Wildman–Crippen MR) is 115 cm³/mol. The molecule has 2 saturated carbocycles. The van der Waals surface area contributed by atoms with Crippen LogP contribution in [0.2, 0.25) is 0 Å². The zero-order valence-corrected chi connectivity index (χ0v) is 18.2. The molecule has 4 heteroatoms. The molecule has 0 radical (unpaired) electrons. The lowest BCUT2D eigenvalue weighted by molar-refractivity contribution is -0.114. The van der Waals surface area contributed by atoms with E-state index in [1.54, 1.807) is 0 Å². The third kappa shape index (κ3) is 3.56. The number of carbonyl (C=O) groups excluding carboxylic acids is 2. The Hall–Kier alpha value is -1.84. The van der Waals surface area contributed by atoms with Crippen LogP contribution in [0.5, 0.6) is 0 Å². The summed E-state index contributed by atoms with van der Waals surface area (Å²) in [5.41, 5.74) is 4.01. The molecule has 0 aliphatic heterocycles. The molecule has 0 aromatic carbocycles. The molecule has 0 aromatic heterocycles. The molecule has 0 spiro atoms. The van der Waals surface area contributed by atoms with Crippen molar-refractivity contribution in [2.45, 2.75) is 83.7 Å². The second-order valence-electron chi connectivity index (χ2n) is 10.3. The Morgan fingerprint density at radius 3 is 2.73 bits per heavy atom. The maximum atomic E-state index is 12.4. The summed E-state index contributed by atoms with van der Waals surface area (Å²) in [6.07, 6.45) is 17.6. The largest absolute Gasteiger partial charge is 0.508 e. The number of ketones is 1. The van der Waals surface area contributed by atoms with Gasteiger partial charge >= 0.3 is 6.16 Å². The lowest BCUT2D eigenvalue weighted by Crippen LogP contribution is -2.41. The standard InChI is InChI=1S/C26H34O4/c1-26-14-13-21-20-10-8-19(27)15-18(20)7-9-22(21)23(26)11-12-24(26)30-25(28)29-16-17-5-3-2-4-6-17/h13-15,17,22-24H,2-12,16H2,1H3/t22-,23-,24-,26-/m0/s1. The molecule has 0 heterocycles. The zero-order valence-electron chi connectivity index (χ0n) is 18.2. The summed E-state index contributed by atoms with van der Waals surface area (Å²) in [4.78, 5) is 24.3. The topological polar surface area (TPSA) is 52.6 Å². The van der Waals surface area contributed by atoms with Crippen LogP contribution in [0, 0.1) is 23.2 Å². The van der Waals surface area contributed by atoms with E-state index in [4.69, 9.17) is 9.47 Å². The van der Waals surface area contributed by atoms with Crippen molar-refractivity contribution in [2.75, 3.05) is 6.61 Å². The Balaban J connectivity index is 1.28. The van der Waals surface area contributed by atoms with Crippen LogP contribution >= 0.6 is 0 Å². The molecule has 5 rings (SSSR count). The van der Waals surface area contributed by atoms with Gasteiger partial charge in [-0.05, 0) is 85.5 Å². The molecule has 0 bridgehead atoms. The predicted octanol–water partition coefficient (Wildman–Crippen LogP) is 6.07. The van der Waals surface area contributed by atoms with Crippen molar-refractivity contribution < 1.29 is 19.1 Å². The summed E-state index contributed by atoms with van der Waals surface area (Å²) in [7, 11) is 0. The molecule has 0 unspecified atom stereocenters. The summed E-state index contributed by atoms with van der Waals surface area (Å²) < 4.78 is 11.4. The monoisotopic (exact) mass is 410 g/mol. The molecule has 4 atom stereocenters. The van der Waals surface area contributed by atoms with Gasteiger partial charge in [-0.1, -0.05) is 38.3 Å². The average Bonchev–Trinajstić information content (AvgIpc) is 3.09. The zero-order chi connectivity index (χ0) is 20.7. The molecule has 0 saturated heterocycles. The van der Waals surface area contributed by atoms with Crippen LogP contribution in [0.1, 0.15) is 77.6 Å². The Bertz CT molecular complexity index is 813. The van der Waals surface area contributed by atoms with Gasteiger partial charge in [0, 0.05) is 11.8 Å². The molecular weight excluding hydrogens is 376 g/mol. The molecule has 5 aliphatic carbocycles. The van der Waals surface area contributed by atoms with E-state index in [1.165, 1.54) is 48.8 Å². The number of hydrogen-bond donors (Lipinski definition) is 0. The van der Waals surface area contributed by atoms with Gasteiger partial charge in [0.15, 0.2) is 5.78 Å². The fraction of sp³-hybridized carbons (Fsp3) is 0.692. The van der Waals surface area contributed by atoms with Gasteiger partial charge in [-0.25, -0.2) is 4.79 Å². The first-order valence-corrected chi connectivity index (χ1v) is 12.0. The molecule has 4 nitrogen and oxygen atoms in total. The van der Waals surface area contributed by atoms with Crippen molar-refractivity contribution in [3.8, 4) is 0 Å². The van der Waals surface area contributed by atoms with Crippen LogP contribution in [-0.4, -0.2) is 24.6 Å². The molecular formula is C26H34O4. The molecule has 30 heavy (non-hydrogen) atoms. The molecule has 2 fully saturated rings. The summed E-state index contributed by atoms with van der Waals surface area (Å²) in [6, 6.07) is 0. The molecule has 162 valence electrons. The quantitative estimate of drug-likeness (QED) is 0.530. The maximum Gasteiger partial charge on any atom is 0.508 e. The van der Waals surface area contributed by atoms with Crippen molar-refractivity contribution in [1.82, 2.24) is 0 Å². The van der Waals surface area contributed by atoms with Crippen LogP contribution in [0.25, 0.3) is 0 Å². The van der Waals surface area contributed by atoms with Crippen LogP contribution in [0.3, 0.4) is 0 Å². The van der Waals surface area contributed by atoms with E-state index in [2.05, 4.69) is 19.1 Å². The summed E-state index contributed by atoms with van der Waals surface area (Å²) in [5, 5.41) is 0. The first-order chi connectivity index (χ1) is 14.5. The van der Waals surface area contributed by atoms with E-state index in [0.717, 1.165) is 32.1 Å². The minimum Gasteiger partial charge on any atom is -0.434 e. The highest BCUT2D eigenvalue weighted by Crippen LogP contribution is 2.58. The van der Waals surface area contributed by atoms with Gasteiger partial charge in [0.2, 0.25) is 0 Å². The average molecular weight is 411 g/mol.